The highest BCUT2D eigenvalue weighted by Gasteiger charge is 2.26. The van der Waals surface area contributed by atoms with Crippen molar-refractivity contribution in [3.8, 4) is 0 Å². The SMILES string of the molecule is CNC(Cn1c(C)nc2c1CCCC2)C1CCCC1. The number of nitrogens with one attached hydrogen (secondary N) is 1. The third-order valence-electron chi connectivity index (χ3n) is 5.14. The Morgan fingerprint density at radius 2 is 1.95 bits per heavy atom. The maximum absolute atomic E-state index is 4.80. The van der Waals surface area contributed by atoms with Crippen molar-refractivity contribution < 1.29 is 0 Å². The molecule has 1 aromatic heterocycles. The van der Waals surface area contributed by atoms with E-state index in [9.17, 15) is 0 Å². The molecule has 1 atom stereocenters. The average molecular weight is 261 g/mol. The maximum atomic E-state index is 4.80. The van der Waals surface area contributed by atoms with Gasteiger partial charge in [0.2, 0.25) is 0 Å². The second kappa shape index (κ2) is 5.66. The van der Waals surface area contributed by atoms with E-state index in [-0.39, 0.29) is 0 Å². The van der Waals surface area contributed by atoms with E-state index in [2.05, 4.69) is 23.9 Å². The van der Waals surface area contributed by atoms with Crippen LogP contribution in [0.25, 0.3) is 0 Å². The van der Waals surface area contributed by atoms with E-state index in [0.717, 1.165) is 12.5 Å². The molecule has 0 aliphatic heterocycles. The summed E-state index contributed by atoms with van der Waals surface area (Å²) in [5, 5.41) is 3.57. The first-order valence-electron chi connectivity index (χ1n) is 8.01. The molecule has 1 aromatic rings. The first-order chi connectivity index (χ1) is 9.29. The molecule has 19 heavy (non-hydrogen) atoms. The van der Waals surface area contributed by atoms with Crippen LogP contribution in [0.2, 0.25) is 0 Å². The van der Waals surface area contributed by atoms with Crippen LogP contribution in [-0.2, 0) is 19.4 Å². The molecule has 1 fully saturated rings. The fourth-order valence-corrected chi connectivity index (χ4v) is 4.01. The number of likely N-dealkylation sites (N-methyl/N-ethyl adjacent to an activating group) is 1. The van der Waals surface area contributed by atoms with Gasteiger partial charge in [-0.3, -0.25) is 0 Å². The van der Waals surface area contributed by atoms with Gasteiger partial charge < -0.3 is 9.88 Å². The summed E-state index contributed by atoms with van der Waals surface area (Å²) in [6.07, 6.45) is 10.7. The first kappa shape index (κ1) is 13.2. The second-order valence-electron chi connectivity index (χ2n) is 6.31. The van der Waals surface area contributed by atoms with E-state index in [4.69, 9.17) is 4.98 Å². The number of rotatable bonds is 4. The molecule has 1 heterocycles. The number of hydrogen-bond donors (Lipinski definition) is 1. The lowest BCUT2D eigenvalue weighted by Gasteiger charge is -2.25. The summed E-state index contributed by atoms with van der Waals surface area (Å²) in [4.78, 5) is 4.80. The summed E-state index contributed by atoms with van der Waals surface area (Å²) in [7, 11) is 2.13. The van der Waals surface area contributed by atoms with Crippen molar-refractivity contribution in [2.75, 3.05) is 7.05 Å². The van der Waals surface area contributed by atoms with E-state index in [1.807, 2.05) is 0 Å². The predicted molar refractivity (Wildman–Crippen MR) is 78.4 cm³/mol. The van der Waals surface area contributed by atoms with Crippen LogP contribution < -0.4 is 5.32 Å². The summed E-state index contributed by atoms with van der Waals surface area (Å²) < 4.78 is 2.51. The largest absolute Gasteiger partial charge is 0.330 e. The highest BCUT2D eigenvalue weighted by Crippen LogP contribution is 2.29. The monoisotopic (exact) mass is 261 g/mol. The molecule has 3 heteroatoms. The van der Waals surface area contributed by atoms with E-state index in [1.54, 1.807) is 0 Å². The molecule has 3 rings (SSSR count). The molecule has 0 bridgehead atoms. The summed E-state index contributed by atoms with van der Waals surface area (Å²) in [6.45, 7) is 3.30. The number of aryl methyl sites for hydroxylation is 2. The van der Waals surface area contributed by atoms with Crippen LogP contribution in [0.15, 0.2) is 0 Å². The highest BCUT2D eigenvalue weighted by molar-refractivity contribution is 5.20. The van der Waals surface area contributed by atoms with Gasteiger partial charge in [0.25, 0.3) is 0 Å². The van der Waals surface area contributed by atoms with Crippen molar-refractivity contribution in [1.29, 1.82) is 0 Å². The van der Waals surface area contributed by atoms with Crippen molar-refractivity contribution in [3.05, 3.63) is 17.2 Å². The Hall–Kier alpha value is -0.830. The zero-order chi connectivity index (χ0) is 13.2. The molecule has 0 aromatic carbocycles. The molecular weight excluding hydrogens is 234 g/mol. The molecule has 0 amide bonds. The van der Waals surface area contributed by atoms with Gasteiger partial charge in [0.05, 0.1) is 5.69 Å². The molecule has 0 spiro atoms. The maximum Gasteiger partial charge on any atom is 0.106 e. The average Bonchev–Trinajstić information content (AvgIpc) is 3.04. The van der Waals surface area contributed by atoms with Crippen molar-refractivity contribution >= 4 is 0 Å². The van der Waals surface area contributed by atoms with Crippen LogP contribution in [0.3, 0.4) is 0 Å². The van der Waals surface area contributed by atoms with Gasteiger partial charge in [-0.1, -0.05) is 12.8 Å². The van der Waals surface area contributed by atoms with Crippen molar-refractivity contribution in [2.24, 2.45) is 5.92 Å². The van der Waals surface area contributed by atoms with Gasteiger partial charge in [0, 0.05) is 18.3 Å². The zero-order valence-corrected chi connectivity index (χ0v) is 12.4. The zero-order valence-electron chi connectivity index (χ0n) is 12.4. The van der Waals surface area contributed by atoms with Gasteiger partial charge in [-0.25, -0.2) is 4.98 Å². The van der Waals surface area contributed by atoms with E-state index in [0.29, 0.717) is 6.04 Å². The quantitative estimate of drug-likeness (QED) is 0.903. The van der Waals surface area contributed by atoms with Gasteiger partial charge in [-0.05, 0) is 58.4 Å². The second-order valence-corrected chi connectivity index (χ2v) is 6.31. The van der Waals surface area contributed by atoms with E-state index >= 15 is 0 Å². The Balaban J connectivity index is 1.79. The van der Waals surface area contributed by atoms with Gasteiger partial charge in [0.1, 0.15) is 5.82 Å². The van der Waals surface area contributed by atoms with E-state index < -0.39 is 0 Å². The molecule has 1 N–H and O–H groups in total. The van der Waals surface area contributed by atoms with E-state index in [1.165, 1.54) is 68.6 Å². The number of hydrogen-bond acceptors (Lipinski definition) is 2. The minimum Gasteiger partial charge on any atom is -0.330 e. The summed E-state index contributed by atoms with van der Waals surface area (Å²) in [5.41, 5.74) is 2.91. The normalized spacial score (nSPS) is 21.6. The van der Waals surface area contributed by atoms with Crippen LogP contribution in [0.5, 0.6) is 0 Å². The summed E-state index contributed by atoms with van der Waals surface area (Å²) >= 11 is 0. The lowest BCUT2D eigenvalue weighted by atomic mass is 9.97. The summed E-state index contributed by atoms with van der Waals surface area (Å²) in [6, 6.07) is 0.626. The first-order valence-corrected chi connectivity index (χ1v) is 8.01. The van der Waals surface area contributed by atoms with Crippen molar-refractivity contribution in [1.82, 2.24) is 14.9 Å². The Bertz CT molecular complexity index is 429. The topological polar surface area (TPSA) is 29.9 Å². The van der Waals surface area contributed by atoms with Crippen LogP contribution in [0.1, 0.15) is 55.7 Å². The molecular formula is C16H27N3. The predicted octanol–water partition coefficient (Wildman–Crippen LogP) is 2.85. The smallest absolute Gasteiger partial charge is 0.106 e. The highest BCUT2D eigenvalue weighted by atomic mass is 15.1. The van der Waals surface area contributed by atoms with Crippen LogP contribution in [-0.4, -0.2) is 22.6 Å². The third-order valence-corrected chi connectivity index (χ3v) is 5.14. The van der Waals surface area contributed by atoms with Crippen LogP contribution in [0, 0.1) is 12.8 Å². The van der Waals surface area contributed by atoms with Crippen molar-refractivity contribution in [2.45, 2.75) is 70.9 Å². The van der Waals surface area contributed by atoms with Gasteiger partial charge in [0.15, 0.2) is 0 Å². The molecule has 1 saturated carbocycles. The number of fused-ring (bicyclic) bond motifs is 1. The minimum absolute atomic E-state index is 0.626. The molecule has 106 valence electrons. The lowest BCUT2D eigenvalue weighted by Crippen LogP contribution is -2.37. The number of aromatic nitrogens is 2. The Morgan fingerprint density at radius 1 is 1.21 bits per heavy atom. The molecule has 1 unspecified atom stereocenters. The Kier molecular flexibility index (Phi) is 3.92. The third kappa shape index (κ3) is 2.58. The fourth-order valence-electron chi connectivity index (χ4n) is 4.01. The summed E-state index contributed by atoms with van der Waals surface area (Å²) in [5.74, 6) is 2.09. The molecule has 2 aliphatic rings. The van der Waals surface area contributed by atoms with Gasteiger partial charge in [-0.15, -0.1) is 0 Å². The molecule has 2 aliphatic carbocycles. The molecule has 0 saturated heterocycles. The Morgan fingerprint density at radius 3 is 2.68 bits per heavy atom. The number of nitrogens with zero attached hydrogens (tertiary/aromatic N) is 2. The molecule has 0 radical (unpaired) electrons. The lowest BCUT2D eigenvalue weighted by molar-refractivity contribution is 0.334. The standard InChI is InChI=1S/C16H27N3/c1-12-18-14-9-5-6-10-16(14)19(12)11-15(17-2)13-7-3-4-8-13/h13,15,17H,3-11H2,1-2H3. The van der Waals surface area contributed by atoms with Gasteiger partial charge >= 0.3 is 0 Å². The fraction of sp³-hybridized carbons (Fsp3) is 0.812. The molecule has 3 nitrogen and oxygen atoms in total. The van der Waals surface area contributed by atoms with Crippen LogP contribution >= 0.6 is 0 Å². The minimum atomic E-state index is 0.626. The van der Waals surface area contributed by atoms with Gasteiger partial charge in [-0.2, -0.15) is 0 Å². The number of imidazole rings is 1. The Labute approximate surface area is 116 Å². The van der Waals surface area contributed by atoms with Crippen LogP contribution in [0.4, 0.5) is 0 Å². The van der Waals surface area contributed by atoms with Crippen molar-refractivity contribution in [3.63, 3.8) is 0 Å².